The van der Waals surface area contributed by atoms with Crippen LogP contribution in [0.4, 0.5) is 0 Å². The Balaban J connectivity index is 2.12. The number of benzene rings is 2. The van der Waals surface area contributed by atoms with E-state index in [0.717, 1.165) is 41.1 Å². The van der Waals surface area contributed by atoms with Gasteiger partial charge in [-0.25, -0.2) is 4.98 Å². The van der Waals surface area contributed by atoms with Crippen molar-refractivity contribution in [1.29, 1.82) is 0 Å². The zero-order chi connectivity index (χ0) is 15.5. The van der Waals surface area contributed by atoms with Gasteiger partial charge >= 0.3 is 0 Å². The van der Waals surface area contributed by atoms with Crippen molar-refractivity contribution in [2.45, 2.75) is 19.8 Å². The van der Waals surface area contributed by atoms with Gasteiger partial charge in [0.2, 0.25) is 0 Å². The van der Waals surface area contributed by atoms with E-state index in [0.29, 0.717) is 6.54 Å². The van der Waals surface area contributed by atoms with Crippen LogP contribution in [0, 0.1) is 0 Å². The van der Waals surface area contributed by atoms with E-state index in [1.54, 1.807) is 7.11 Å². The van der Waals surface area contributed by atoms with Gasteiger partial charge in [-0.2, -0.15) is 0 Å². The predicted octanol–water partition coefficient (Wildman–Crippen LogP) is 3.10. The lowest BCUT2D eigenvalue weighted by atomic mass is 10.1. The van der Waals surface area contributed by atoms with Gasteiger partial charge in [0.05, 0.1) is 18.1 Å². The Morgan fingerprint density at radius 1 is 1.14 bits per heavy atom. The largest absolute Gasteiger partial charge is 0.497 e. The standard InChI is InChI=1S/C18H21N3O/c1-3-18-20-16-12-15(22-2)8-9-17(16)21(18)14-6-4-13(5-7-14)10-11-19/h4-9,12H,3,10-11,19H2,1-2H3. The maximum atomic E-state index is 5.61. The number of nitrogens with zero attached hydrogens (tertiary/aromatic N) is 2. The van der Waals surface area contributed by atoms with E-state index >= 15 is 0 Å². The summed E-state index contributed by atoms with van der Waals surface area (Å²) in [6, 6.07) is 14.6. The van der Waals surface area contributed by atoms with Crippen molar-refractivity contribution in [3.63, 3.8) is 0 Å². The van der Waals surface area contributed by atoms with Gasteiger partial charge in [-0.05, 0) is 42.8 Å². The third kappa shape index (κ3) is 2.57. The van der Waals surface area contributed by atoms with Crippen molar-refractivity contribution in [2.24, 2.45) is 5.73 Å². The summed E-state index contributed by atoms with van der Waals surface area (Å²) in [4.78, 5) is 4.74. The Labute approximate surface area is 130 Å². The molecule has 1 heterocycles. The van der Waals surface area contributed by atoms with Gasteiger partial charge in [0.25, 0.3) is 0 Å². The Hall–Kier alpha value is -2.33. The summed E-state index contributed by atoms with van der Waals surface area (Å²) < 4.78 is 7.50. The van der Waals surface area contributed by atoms with Gasteiger partial charge in [0, 0.05) is 18.2 Å². The molecule has 1 aromatic heterocycles. The number of aryl methyl sites for hydroxylation is 1. The second kappa shape index (κ2) is 6.20. The molecule has 0 bridgehead atoms. The van der Waals surface area contributed by atoms with Crippen molar-refractivity contribution in [1.82, 2.24) is 9.55 Å². The van der Waals surface area contributed by atoms with Crippen LogP contribution in [0.5, 0.6) is 5.75 Å². The highest BCUT2D eigenvalue weighted by Crippen LogP contribution is 2.25. The second-order valence-electron chi connectivity index (χ2n) is 5.28. The summed E-state index contributed by atoms with van der Waals surface area (Å²) in [7, 11) is 1.68. The Bertz CT molecular complexity index is 775. The van der Waals surface area contributed by atoms with E-state index in [1.807, 2.05) is 12.1 Å². The van der Waals surface area contributed by atoms with Crippen molar-refractivity contribution in [2.75, 3.05) is 13.7 Å². The van der Waals surface area contributed by atoms with E-state index in [1.165, 1.54) is 5.56 Å². The number of imidazole rings is 1. The highest BCUT2D eigenvalue weighted by Gasteiger charge is 2.11. The van der Waals surface area contributed by atoms with Crippen molar-refractivity contribution in [3.05, 3.63) is 53.9 Å². The minimum atomic E-state index is 0.674. The molecule has 4 nitrogen and oxygen atoms in total. The average Bonchev–Trinajstić information content (AvgIpc) is 2.93. The first kappa shape index (κ1) is 14.6. The minimum absolute atomic E-state index is 0.674. The maximum Gasteiger partial charge on any atom is 0.121 e. The molecule has 0 amide bonds. The number of nitrogens with two attached hydrogens (primary N) is 1. The lowest BCUT2D eigenvalue weighted by Gasteiger charge is -2.09. The molecule has 3 aromatic rings. The van der Waals surface area contributed by atoms with Crippen molar-refractivity contribution >= 4 is 11.0 Å². The Morgan fingerprint density at radius 2 is 1.91 bits per heavy atom. The van der Waals surface area contributed by atoms with Crippen LogP contribution in [-0.2, 0) is 12.8 Å². The van der Waals surface area contributed by atoms with Crippen LogP contribution in [0.2, 0.25) is 0 Å². The molecular formula is C18H21N3O. The van der Waals surface area contributed by atoms with Crippen LogP contribution in [0.25, 0.3) is 16.7 Å². The van der Waals surface area contributed by atoms with Gasteiger partial charge in [0.1, 0.15) is 11.6 Å². The number of methoxy groups -OCH3 is 1. The summed E-state index contributed by atoms with van der Waals surface area (Å²) in [5.74, 6) is 1.88. The molecule has 0 aliphatic rings. The summed E-state index contributed by atoms with van der Waals surface area (Å²) in [5.41, 5.74) is 10.1. The van der Waals surface area contributed by atoms with E-state index in [2.05, 4.69) is 41.8 Å². The van der Waals surface area contributed by atoms with Gasteiger partial charge < -0.3 is 10.5 Å². The number of fused-ring (bicyclic) bond motifs is 1. The molecular weight excluding hydrogens is 274 g/mol. The SMILES string of the molecule is CCc1nc2cc(OC)ccc2n1-c1ccc(CCN)cc1. The van der Waals surface area contributed by atoms with Gasteiger partial charge in [-0.3, -0.25) is 4.57 Å². The molecule has 22 heavy (non-hydrogen) atoms. The second-order valence-corrected chi connectivity index (χ2v) is 5.28. The molecule has 0 atom stereocenters. The van der Waals surface area contributed by atoms with Crippen LogP contribution in [0.3, 0.4) is 0 Å². The fourth-order valence-corrected chi connectivity index (χ4v) is 2.74. The molecule has 0 radical (unpaired) electrons. The third-order valence-electron chi connectivity index (χ3n) is 3.87. The molecule has 2 N–H and O–H groups in total. The Kier molecular flexibility index (Phi) is 4.11. The van der Waals surface area contributed by atoms with Crippen LogP contribution < -0.4 is 10.5 Å². The summed E-state index contributed by atoms with van der Waals surface area (Å²) >= 11 is 0. The van der Waals surface area contributed by atoms with Gasteiger partial charge in [-0.1, -0.05) is 19.1 Å². The number of rotatable bonds is 5. The molecule has 4 heteroatoms. The van der Waals surface area contributed by atoms with E-state index in [-0.39, 0.29) is 0 Å². The maximum absolute atomic E-state index is 5.61. The third-order valence-corrected chi connectivity index (χ3v) is 3.87. The minimum Gasteiger partial charge on any atom is -0.497 e. The molecule has 0 aliphatic carbocycles. The molecule has 114 valence electrons. The normalized spacial score (nSPS) is 11.0. The van der Waals surface area contributed by atoms with E-state index in [4.69, 9.17) is 15.5 Å². The number of aromatic nitrogens is 2. The molecule has 0 saturated heterocycles. The number of ether oxygens (including phenoxy) is 1. The highest BCUT2D eigenvalue weighted by molar-refractivity contribution is 5.80. The first-order valence-electron chi connectivity index (χ1n) is 7.61. The van der Waals surface area contributed by atoms with E-state index in [9.17, 15) is 0 Å². The smallest absolute Gasteiger partial charge is 0.121 e. The topological polar surface area (TPSA) is 53.1 Å². The van der Waals surface area contributed by atoms with Gasteiger partial charge in [0.15, 0.2) is 0 Å². The number of hydrogen-bond donors (Lipinski definition) is 1. The fourth-order valence-electron chi connectivity index (χ4n) is 2.74. The zero-order valence-corrected chi connectivity index (χ0v) is 13.0. The molecule has 2 aromatic carbocycles. The van der Waals surface area contributed by atoms with Crippen molar-refractivity contribution < 1.29 is 4.74 Å². The van der Waals surface area contributed by atoms with Crippen molar-refractivity contribution in [3.8, 4) is 11.4 Å². The molecule has 0 spiro atoms. The predicted molar refractivity (Wildman–Crippen MR) is 89.8 cm³/mol. The molecule has 3 rings (SSSR count). The van der Waals surface area contributed by atoms with E-state index < -0.39 is 0 Å². The van der Waals surface area contributed by atoms with Crippen LogP contribution in [0.15, 0.2) is 42.5 Å². The Morgan fingerprint density at radius 3 is 2.55 bits per heavy atom. The fraction of sp³-hybridized carbons (Fsp3) is 0.278. The summed E-state index contributed by atoms with van der Waals surface area (Å²) in [6.07, 6.45) is 1.78. The lowest BCUT2D eigenvalue weighted by molar-refractivity contribution is 0.415. The van der Waals surface area contributed by atoms with Gasteiger partial charge in [-0.15, -0.1) is 0 Å². The summed E-state index contributed by atoms with van der Waals surface area (Å²) in [6.45, 7) is 2.80. The van der Waals surface area contributed by atoms with Crippen LogP contribution in [-0.4, -0.2) is 23.2 Å². The molecule has 0 fully saturated rings. The van der Waals surface area contributed by atoms with Crippen LogP contribution >= 0.6 is 0 Å². The summed E-state index contributed by atoms with van der Waals surface area (Å²) in [5, 5.41) is 0. The van der Waals surface area contributed by atoms with Crippen LogP contribution in [0.1, 0.15) is 18.3 Å². The molecule has 0 saturated carbocycles. The first-order chi connectivity index (χ1) is 10.8. The highest BCUT2D eigenvalue weighted by atomic mass is 16.5. The quantitative estimate of drug-likeness (QED) is 0.787. The monoisotopic (exact) mass is 295 g/mol. The number of hydrogen-bond acceptors (Lipinski definition) is 3. The lowest BCUT2D eigenvalue weighted by Crippen LogP contribution is -2.03. The first-order valence-corrected chi connectivity index (χ1v) is 7.61. The molecule has 0 unspecified atom stereocenters. The zero-order valence-electron chi connectivity index (χ0n) is 13.0. The average molecular weight is 295 g/mol. The molecule has 0 aliphatic heterocycles.